The van der Waals surface area contributed by atoms with Crippen LogP contribution in [0, 0.1) is 0 Å². The molecule has 0 saturated carbocycles. The summed E-state index contributed by atoms with van der Waals surface area (Å²) < 4.78 is 9.89. The molecule has 0 unspecified atom stereocenters. The van der Waals surface area contributed by atoms with Crippen LogP contribution in [-0.4, -0.2) is 73.5 Å². The van der Waals surface area contributed by atoms with Crippen LogP contribution in [0.5, 0.6) is 0 Å². The molecule has 2 aliphatic heterocycles. The van der Waals surface area contributed by atoms with Crippen molar-refractivity contribution in [2.45, 2.75) is 45.3 Å². The second kappa shape index (κ2) is 8.50. The predicted molar refractivity (Wildman–Crippen MR) is 102 cm³/mol. The van der Waals surface area contributed by atoms with Crippen LogP contribution in [-0.2, 0) is 31.4 Å². The normalized spacial score (nSPS) is 22.4. The molecular formula is C19H31N7O. The number of morpholine rings is 1. The maximum atomic E-state index is 5.44. The summed E-state index contributed by atoms with van der Waals surface area (Å²) in [6.45, 7) is 10.7. The zero-order valence-electron chi connectivity index (χ0n) is 16.5. The van der Waals surface area contributed by atoms with Crippen LogP contribution < -0.4 is 0 Å². The van der Waals surface area contributed by atoms with E-state index in [1.165, 1.54) is 12.8 Å². The van der Waals surface area contributed by atoms with Gasteiger partial charge >= 0.3 is 0 Å². The summed E-state index contributed by atoms with van der Waals surface area (Å²) in [5, 5.41) is 9.09. The maximum absolute atomic E-state index is 5.44. The molecule has 0 spiro atoms. The zero-order valence-corrected chi connectivity index (χ0v) is 16.5. The van der Waals surface area contributed by atoms with Crippen LogP contribution in [0.1, 0.15) is 43.2 Å². The van der Waals surface area contributed by atoms with Gasteiger partial charge in [0.25, 0.3) is 0 Å². The average molecular weight is 374 g/mol. The highest BCUT2D eigenvalue weighted by molar-refractivity contribution is 5.05. The molecule has 0 aliphatic carbocycles. The molecule has 4 rings (SSSR count). The third-order valence-electron chi connectivity index (χ3n) is 5.85. The zero-order chi connectivity index (χ0) is 18.6. The number of nitrogens with zero attached hydrogens (tertiary/aromatic N) is 7. The third kappa shape index (κ3) is 4.23. The van der Waals surface area contributed by atoms with Gasteiger partial charge in [-0.25, -0.2) is 4.98 Å². The van der Waals surface area contributed by atoms with Crippen molar-refractivity contribution in [1.29, 1.82) is 0 Å². The van der Waals surface area contributed by atoms with E-state index in [0.717, 1.165) is 76.5 Å². The van der Waals surface area contributed by atoms with Gasteiger partial charge in [-0.2, -0.15) is 0 Å². The molecule has 2 aromatic rings. The number of hydrogen-bond acceptors (Lipinski definition) is 6. The fourth-order valence-electron chi connectivity index (χ4n) is 4.22. The van der Waals surface area contributed by atoms with Gasteiger partial charge in [0.15, 0.2) is 0 Å². The lowest BCUT2D eigenvalue weighted by Gasteiger charge is -2.32. The maximum Gasteiger partial charge on any atom is 0.146 e. The molecule has 2 fully saturated rings. The van der Waals surface area contributed by atoms with E-state index < -0.39 is 0 Å². The van der Waals surface area contributed by atoms with Crippen molar-refractivity contribution in [3.05, 3.63) is 29.9 Å². The van der Waals surface area contributed by atoms with Crippen LogP contribution in [0.25, 0.3) is 0 Å². The van der Waals surface area contributed by atoms with Crippen molar-refractivity contribution in [3.8, 4) is 0 Å². The van der Waals surface area contributed by atoms with Gasteiger partial charge in [-0.1, -0.05) is 0 Å². The van der Waals surface area contributed by atoms with E-state index in [9.17, 15) is 0 Å². The van der Waals surface area contributed by atoms with Gasteiger partial charge in [0, 0.05) is 51.5 Å². The van der Waals surface area contributed by atoms with Gasteiger partial charge in [0.2, 0.25) is 0 Å². The van der Waals surface area contributed by atoms with Gasteiger partial charge in [0.1, 0.15) is 17.5 Å². The molecule has 4 heterocycles. The highest BCUT2D eigenvalue weighted by atomic mass is 16.5. The Kier molecular flexibility index (Phi) is 5.85. The Morgan fingerprint density at radius 3 is 2.70 bits per heavy atom. The highest BCUT2D eigenvalue weighted by Crippen LogP contribution is 2.26. The molecule has 2 saturated heterocycles. The SMILES string of the molecule is CCn1ccnc1CN1CCC[C@@H](c2nnc(CN3CCOCC3)n2C)C1. The van der Waals surface area contributed by atoms with Crippen LogP contribution in [0.15, 0.2) is 12.4 Å². The Hall–Kier alpha value is -1.77. The van der Waals surface area contributed by atoms with Crippen molar-refractivity contribution in [2.24, 2.45) is 7.05 Å². The van der Waals surface area contributed by atoms with E-state index in [4.69, 9.17) is 4.74 Å². The molecule has 2 aromatic heterocycles. The van der Waals surface area contributed by atoms with Gasteiger partial charge in [0.05, 0.1) is 26.3 Å². The van der Waals surface area contributed by atoms with Crippen LogP contribution in [0.2, 0.25) is 0 Å². The number of imidazole rings is 1. The summed E-state index contributed by atoms with van der Waals surface area (Å²) in [6, 6.07) is 0. The van der Waals surface area contributed by atoms with Crippen LogP contribution in [0.3, 0.4) is 0 Å². The fourth-order valence-corrected chi connectivity index (χ4v) is 4.22. The number of rotatable bonds is 6. The summed E-state index contributed by atoms with van der Waals surface area (Å²) in [4.78, 5) is 9.45. The van der Waals surface area contributed by atoms with E-state index in [1.54, 1.807) is 0 Å². The van der Waals surface area contributed by atoms with Gasteiger partial charge in [-0.05, 0) is 26.3 Å². The topological polar surface area (TPSA) is 64.2 Å². The first kappa shape index (κ1) is 18.6. The summed E-state index contributed by atoms with van der Waals surface area (Å²) in [6.07, 6.45) is 6.35. The van der Waals surface area contributed by atoms with Crippen LogP contribution >= 0.6 is 0 Å². The second-order valence-corrected chi connectivity index (χ2v) is 7.63. The summed E-state index contributed by atoms with van der Waals surface area (Å²) in [7, 11) is 2.12. The monoisotopic (exact) mass is 373 g/mol. The lowest BCUT2D eigenvalue weighted by molar-refractivity contribution is 0.0326. The van der Waals surface area contributed by atoms with Crippen molar-refractivity contribution < 1.29 is 4.74 Å². The van der Waals surface area contributed by atoms with E-state index in [-0.39, 0.29) is 0 Å². The number of hydrogen-bond donors (Lipinski definition) is 0. The Morgan fingerprint density at radius 1 is 1.07 bits per heavy atom. The Bertz CT molecular complexity index is 734. The first-order valence-electron chi connectivity index (χ1n) is 10.1. The number of aryl methyl sites for hydroxylation is 1. The number of ether oxygens (including phenoxy) is 1. The summed E-state index contributed by atoms with van der Waals surface area (Å²) in [5.41, 5.74) is 0. The lowest BCUT2D eigenvalue weighted by Crippen LogP contribution is -2.37. The second-order valence-electron chi connectivity index (χ2n) is 7.63. The minimum absolute atomic E-state index is 0.444. The first-order chi connectivity index (χ1) is 13.2. The smallest absolute Gasteiger partial charge is 0.146 e. The van der Waals surface area contributed by atoms with Crippen molar-refractivity contribution in [1.82, 2.24) is 34.1 Å². The van der Waals surface area contributed by atoms with E-state index in [0.29, 0.717) is 5.92 Å². The highest BCUT2D eigenvalue weighted by Gasteiger charge is 2.27. The quantitative estimate of drug-likeness (QED) is 0.759. The largest absolute Gasteiger partial charge is 0.379 e. The summed E-state index contributed by atoms with van der Waals surface area (Å²) in [5.74, 6) is 3.79. The van der Waals surface area contributed by atoms with Crippen molar-refractivity contribution in [3.63, 3.8) is 0 Å². The van der Waals surface area contributed by atoms with Crippen molar-refractivity contribution >= 4 is 0 Å². The molecule has 1 atom stereocenters. The van der Waals surface area contributed by atoms with Crippen molar-refractivity contribution in [2.75, 3.05) is 39.4 Å². The van der Waals surface area contributed by atoms with Crippen LogP contribution in [0.4, 0.5) is 0 Å². The minimum atomic E-state index is 0.444. The van der Waals surface area contributed by atoms with Gasteiger partial charge in [-0.3, -0.25) is 9.80 Å². The lowest BCUT2D eigenvalue weighted by atomic mass is 9.97. The molecule has 2 aliphatic rings. The molecule has 0 amide bonds. The average Bonchev–Trinajstić information content (AvgIpc) is 3.29. The number of piperidine rings is 1. The van der Waals surface area contributed by atoms with E-state index >= 15 is 0 Å². The fraction of sp³-hybridized carbons (Fsp3) is 0.737. The molecule has 0 aromatic carbocycles. The molecule has 0 bridgehead atoms. The minimum Gasteiger partial charge on any atom is -0.379 e. The standard InChI is InChI=1S/C19H31N7O/c1-3-26-8-6-20-17(26)14-25-7-4-5-16(13-25)19-22-21-18(23(19)2)15-24-9-11-27-12-10-24/h6,8,16H,3-5,7,9-15H2,1-2H3/t16-/m1/s1. The molecule has 148 valence electrons. The Balaban J connectivity index is 1.40. The first-order valence-corrected chi connectivity index (χ1v) is 10.1. The molecule has 0 radical (unpaired) electrons. The molecule has 8 nitrogen and oxygen atoms in total. The molecule has 8 heteroatoms. The third-order valence-corrected chi connectivity index (χ3v) is 5.85. The molecule has 0 N–H and O–H groups in total. The van der Waals surface area contributed by atoms with E-state index in [2.05, 4.69) is 54.3 Å². The van der Waals surface area contributed by atoms with Gasteiger partial charge in [-0.15, -0.1) is 10.2 Å². The molecular weight excluding hydrogens is 342 g/mol. The van der Waals surface area contributed by atoms with E-state index in [1.807, 2.05) is 6.20 Å². The van der Waals surface area contributed by atoms with Gasteiger partial charge < -0.3 is 13.9 Å². The number of aromatic nitrogens is 5. The Labute approximate surface area is 161 Å². The predicted octanol–water partition coefficient (Wildman–Crippen LogP) is 1.24. The Morgan fingerprint density at radius 2 is 1.89 bits per heavy atom. The summed E-state index contributed by atoms with van der Waals surface area (Å²) >= 11 is 0. The molecule has 27 heavy (non-hydrogen) atoms. The number of likely N-dealkylation sites (tertiary alicyclic amines) is 1.